The van der Waals surface area contributed by atoms with Gasteiger partial charge in [0, 0.05) is 6.42 Å². The van der Waals surface area contributed by atoms with Gasteiger partial charge in [-0.25, -0.2) is 9.59 Å². The molecular formula is C35H50N6O10. The minimum Gasteiger partial charge on any atom is -0.480 e. The van der Waals surface area contributed by atoms with Crippen molar-refractivity contribution in [2.24, 2.45) is 11.7 Å². The van der Waals surface area contributed by atoms with Gasteiger partial charge in [0.2, 0.25) is 23.6 Å². The van der Waals surface area contributed by atoms with Crippen molar-refractivity contribution in [3.05, 3.63) is 71.8 Å². The molecule has 280 valence electrons. The summed E-state index contributed by atoms with van der Waals surface area (Å²) in [4.78, 5) is 77.2. The Morgan fingerprint density at radius 1 is 0.647 bits per heavy atom. The summed E-state index contributed by atoms with van der Waals surface area (Å²) in [6.45, 7) is 2.08. The number of rotatable bonds is 22. The third kappa shape index (κ3) is 15.6. The van der Waals surface area contributed by atoms with E-state index in [0.29, 0.717) is 30.5 Å². The molecule has 2 aromatic carbocycles. The van der Waals surface area contributed by atoms with Crippen LogP contribution in [-0.4, -0.2) is 101 Å². The van der Waals surface area contributed by atoms with E-state index in [1.165, 1.54) is 0 Å². The van der Waals surface area contributed by atoms with E-state index in [0.717, 1.165) is 0 Å². The predicted molar refractivity (Wildman–Crippen MR) is 186 cm³/mol. The van der Waals surface area contributed by atoms with Crippen LogP contribution in [0.15, 0.2) is 60.7 Å². The molecule has 0 heterocycles. The number of hydrogen-bond acceptors (Lipinski definition) is 10. The molecular weight excluding hydrogens is 664 g/mol. The second-order valence-electron chi connectivity index (χ2n) is 12.3. The molecule has 0 unspecified atom stereocenters. The van der Waals surface area contributed by atoms with Crippen molar-refractivity contribution in [2.75, 3.05) is 19.8 Å². The van der Waals surface area contributed by atoms with E-state index in [4.69, 9.17) is 10.5 Å². The number of nitrogens with one attached hydrogen (secondary N) is 5. The number of hydrogen-bond donors (Lipinski definition) is 9. The number of carboxylic acid groups (broad SMARTS) is 1. The largest absolute Gasteiger partial charge is 0.480 e. The van der Waals surface area contributed by atoms with Crippen molar-refractivity contribution in [1.29, 1.82) is 0 Å². The number of aliphatic carboxylic acids is 1. The standard InChI is InChI=1S/C35H50N6O10/c1-22(2)17-26(31(45)39-27(34(48)49)18-23-11-5-3-6-12-23)38-30(44)25(15-9-10-16-36)37-32(46)28(19-42)40-33(47)29(20-43)41-35(50)51-21-24-13-7-4-8-14-24/h3-8,11-14,22,25-29,42-43H,9-10,15-21,36H2,1-2H3,(H,37,46)(H,38,44)(H,39,45)(H,40,47)(H,41,50)(H,48,49)/t25-,26-,27-,28-,29-/m0/s1. The van der Waals surface area contributed by atoms with Gasteiger partial charge in [0.1, 0.15) is 36.8 Å². The average Bonchev–Trinajstić information content (AvgIpc) is 3.11. The number of amides is 5. The highest BCUT2D eigenvalue weighted by atomic mass is 16.5. The first-order valence-electron chi connectivity index (χ1n) is 16.8. The summed E-state index contributed by atoms with van der Waals surface area (Å²) in [5, 5.41) is 41.5. The lowest BCUT2D eigenvalue weighted by atomic mass is 10.0. The summed E-state index contributed by atoms with van der Waals surface area (Å²) in [6, 6.07) is 10.7. The molecule has 51 heavy (non-hydrogen) atoms. The second kappa shape index (κ2) is 22.6. The molecule has 5 atom stereocenters. The van der Waals surface area contributed by atoms with Crippen molar-refractivity contribution >= 4 is 35.7 Å². The Bertz CT molecular complexity index is 1410. The SMILES string of the molecule is CC(C)C[C@H](NC(=O)[C@H](CCCCN)NC(=O)[C@H](CO)NC(=O)[C@H](CO)NC(=O)OCc1ccccc1)C(=O)N[C@@H](Cc1ccccc1)C(=O)O. The number of ether oxygens (including phenoxy) is 1. The first kappa shape index (κ1) is 42.1. The van der Waals surface area contributed by atoms with Crippen molar-refractivity contribution in [3.63, 3.8) is 0 Å². The van der Waals surface area contributed by atoms with Crippen LogP contribution in [0.4, 0.5) is 4.79 Å². The van der Waals surface area contributed by atoms with Crippen molar-refractivity contribution in [3.8, 4) is 0 Å². The molecule has 0 saturated heterocycles. The zero-order valence-corrected chi connectivity index (χ0v) is 28.9. The zero-order valence-electron chi connectivity index (χ0n) is 28.9. The quantitative estimate of drug-likeness (QED) is 0.0716. The maximum atomic E-state index is 13.6. The minimum absolute atomic E-state index is 0.0117. The first-order valence-corrected chi connectivity index (χ1v) is 16.8. The summed E-state index contributed by atoms with van der Waals surface area (Å²) in [5.41, 5.74) is 6.98. The molecule has 2 aromatic rings. The van der Waals surface area contributed by atoms with E-state index in [1.54, 1.807) is 60.7 Å². The van der Waals surface area contributed by atoms with Gasteiger partial charge >= 0.3 is 12.1 Å². The van der Waals surface area contributed by atoms with Gasteiger partial charge in [-0.05, 0) is 49.3 Å². The maximum absolute atomic E-state index is 13.6. The molecule has 0 aliphatic carbocycles. The van der Waals surface area contributed by atoms with Crippen LogP contribution in [0.1, 0.15) is 50.7 Å². The molecule has 2 rings (SSSR count). The molecule has 0 aromatic heterocycles. The number of carboxylic acids is 1. The number of alkyl carbamates (subject to hydrolysis) is 1. The molecule has 16 nitrogen and oxygen atoms in total. The number of aliphatic hydroxyl groups excluding tert-OH is 2. The summed E-state index contributed by atoms with van der Waals surface area (Å²) in [6.07, 6.45) is 0.127. The lowest BCUT2D eigenvalue weighted by Gasteiger charge is -2.27. The highest BCUT2D eigenvalue weighted by Gasteiger charge is 2.32. The van der Waals surface area contributed by atoms with E-state index >= 15 is 0 Å². The number of carbonyl (C=O) groups excluding carboxylic acids is 5. The van der Waals surface area contributed by atoms with Crippen LogP contribution < -0.4 is 32.3 Å². The Morgan fingerprint density at radius 3 is 1.65 bits per heavy atom. The fraction of sp³-hybridized carbons (Fsp3) is 0.486. The molecule has 16 heteroatoms. The summed E-state index contributed by atoms with van der Waals surface area (Å²) in [5.74, 6) is -4.80. The van der Waals surface area contributed by atoms with Crippen LogP contribution in [0.2, 0.25) is 0 Å². The van der Waals surface area contributed by atoms with E-state index in [-0.39, 0.29) is 31.8 Å². The number of benzene rings is 2. The highest BCUT2D eigenvalue weighted by Crippen LogP contribution is 2.10. The lowest BCUT2D eigenvalue weighted by Crippen LogP contribution is -2.60. The van der Waals surface area contributed by atoms with Crippen LogP contribution in [0.25, 0.3) is 0 Å². The topological polar surface area (TPSA) is 259 Å². The second-order valence-corrected chi connectivity index (χ2v) is 12.3. The van der Waals surface area contributed by atoms with E-state index in [9.17, 15) is 44.1 Å². The van der Waals surface area contributed by atoms with Gasteiger partial charge in [0.25, 0.3) is 0 Å². The molecule has 0 aliphatic rings. The third-order valence-electron chi connectivity index (χ3n) is 7.64. The Labute approximate surface area is 296 Å². The van der Waals surface area contributed by atoms with Gasteiger partial charge in [-0.3, -0.25) is 19.2 Å². The molecule has 0 radical (unpaired) electrons. The highest BCUT2D eigenvalue weighted by molar-refractivity contribution is 5.96. The number of nitrogens with two attached hydrogens (primary N) is 1. The number of carbonyl (C=O) groups is 6. The first-order chi connectivity index (χ1) is 24.4. The van der Waals surface area contributed by atoms with E-state index in [1.807, 2.05) is 13.8 Å². The Balaban J connectivity index is 2.11. The Hall–Kier alpha value is -5.06. The average molecular weight is 715 g/mol. The normalized spacial score (nSPS) is 13.8. The predicted octanol–water partition coefficient (Wildman–Crippen LogP) is -0.292. The fourth-order valence-electron chi connectivity index (χ4n) is 4.90. The smallest absolute Gasteiger partial charge is 0.408 e. The number of aliphatic hydroxyl groups is 2. The van der Waals surface area contributed by atoms with Gasteiger partial charge in [0.05, 0.1) is 13.2 Å². The van der Waals surface area contributed by atoms with Gasteiger partial charge in [-0.1, -0.05) is 74.5 Å². The van der Waals surface area contributed by atoms with Crippen molar-refractivity contribution < 1.29 is 48.8 Å². The zero-order chi connectivity index (χ0) is 37.8. The maximum Gasteiger partial charge on any atom is 0.408 e. The summed E-state index contributed by atoms with van der Waals surface area (Å²) < 4.78 is 5.07. The Morgan fingerprint density at radius 2 is 1.12 bits per heavy atom. The van der Waals surface area contributed by atoms with Crippen LogP contribution in [-0.2, 0) is 41.7 Å². The Kier molecular flexibility index (Phi) is 18.7. The van der Waals surface area contributed by atoms with Gasteiger partial charge in [-0.15, -0.1) is 0 Å². The van der Waals surface area contributed by atoms with E-state index in [2.05, 4.69) is 26.6 Å². The summed E-state index contributed by atoms with van der Waals surface area (Å²) in [7, 11) is 0. The van der Waals surface area contributed by atoms with Crippen LogP contribution >= 0.6 is 0 Å². The molecule has 5 amide bonds. The molecule has 0 fully saturated rings. The number of unbranched alkanes of at least 4 members (excludes halogenated alkanes) is 1. The van der Waals surface area contributed by atoms with Crippen molar-refractivity contribution in [1.82, 2.24) is 26.6 Å². The molecule has 0 aliphatic heterocycles. The molecule has 0 saturated carbocycles. The third-order valence-corrected chi connectivity index (χ3v) is 7.64. The lowest BCUT2D eigenvalue weighted by molar-refractivity contribution is -0.142. The van der Waals surface area contributed by atoms with Crippen LogP contribution in [0, 0.1) is 5.92 Å². The molecule has 10 N–H and O–H groups in total. The fourth-order valence-corrected chi connectivity index (χ4v) is 4.90. The summed E-state index contributed by atoms with van der Waals surface area (Å²) >= 11 is 0. The minimum atomic E-state index is -1.59. The van der Waals surface area contributed by atoms with Gasteiger partial charge in [-0.2, -0.15) is 0 Å². The van der Waals surface area contributed by atoms with E-state index < -0.39 is 79.1 Å². The monoisotopic (exact) mass is 714 g/mol. The van der Waals surface area contributed by atoms with Crippen LogP contribution in [0.5, 0.6) is 0 Å². The van der Waals surface area contributed by atoms with Gasteiger partial charge < -0.3 is 52.4 Å². The molecule has 0 spiro atoms. The van der Waals surface area contributed by atoms with Crippen LogP contribution in [0.3, 0.4) is 0 Å². The van der Waals surface area contributed by atoms with Crippen molar-refractivity contribution in [2.45, 2.75) is 82.8 Å². The van der Waals surface area contributed by atoms with Gasteiger partial charge in [0.15, 0.2) is 0 Å². The molecule has 0 bridgehead atoms.